The highest BCUT2D eigenvalue weighted by molar-refractivity contribution is 5.89. The Hall–Kier alpha value is -2.14. The lowest BCUT2D eigenvalue weighted by Crippen LogP contribution is -2.26. The molecule has 0 atom stereocenters. The molecule has 116 valence electrons. The quantitative estimate of drug-likeness (QED) is 0.857. The second kappa shape index (κ2) is 6.75. The first kappa shape index (κ1) is 14.8. The van der Waals surface area contributed by atoms with Gasteiger partial charge >= 0.3 is 5.97 Å². The van der Waals surface area contributed by atoms with E-state index in [1.54, 1.807) is 0 Å². The molecule has 0 saturated heterocycles. The monoisotopic (exact) mass is 299 g/mol. The van der Waals surface area contributed by atoms with Crippen molar-refractivity contribution in [1.29, 1.82) is 0 Å². The van der Waals surface area contributed by atoms with Crippen LogP contribution in [0.5, 0.6) is 0 Å². The van der Waals surface area contributed by atoms with Gasteiger partial charge in [0.15, 0.2) is 5.69 Å². The van der Waals surface area contributed by atoms with Gasteiger partial charge in [-0.2, -0.15) is 5.10 Å². The van der Waals surface area contributed by atoms with Crippen LogP contribution in [0.4, 0.5) is 0 Å². The summed E-state index contributed by atoms with van der Waals surface area (Å²) in [6.07, 6.45) is 1.81. The molecule has 0 fully saturated rings. The number of aryl methyl sites for hydroxylation is 2. The number of nitrogens with zero attached hydrogens (tertiary/aromatic N) is 2. The van der Waals surface area contributed by atoms with Crippen LogP contribution in [0.15, 0.2) is 30.3 Å². The summed E-state index contributed by atoms with van der Waals surface area (Å²) >= 11 is 0. The fraction of sp³-hybridized carbons (Fsp3) is 0.412. The molecular formula is C17H21N3O2. The Kier molecular flexibility index (Phi) is 4.53. The van der Waals surface area contributed by atoms with Gasteiger partial charge in [-0.15, -0.1) is 0 Å². The summed E-state index contributed by atoms with van der Waals surface area (Å²) in [5, 5.41) is 7.83. The van der Waals surface area contributed by atoms with Crippen molar-refractivity contribution < 1.29 is 9.53 Å². The molecule has 1 aromatic carbocycles. The lowest BCUT2D eigenvalue weighted by molar-refractivity contribution is 0.0517. The van der Waals surface area contributed by atoms with E-state index in [2.05, 4.69) is 22.5 Å². The highest BCUT2D eigenvalue weighted by Crippen LogP contribution is 2.20. The first-order valence-corrected chi connectivity index (χ1v) is 7.80. The fourth-order valence-corrected chi connectivity index (χ4v) is 2.85. The molecule has 0 saturated carbocycles. The van der Waals surface area contributed by atoms with Crippen molar-refractivity contribution in [3.05, 3.63) is 52.8 Å². The molecule has 1 aliphatic rings. The molecule has 2 aromatic rings. The van der Waals surface area contributed by atoms with Gasteiger partial charge in [0, 0.05) is 37.3 Å². The van der Waals surface area contributed by atoms with Crippen molar-refractivity contribution in [3.8, 4) is 0 Å². The molecule has 0 radical (unpaired) electrons. The topological polar surface area (TPSA) is 56.1 Å². The predicted octanol–water partition coefficient (Wildman–Crippen LogP) is 1.95. The number of fused-ring (bicyclic) bond motifs is 1. The SMILES string of the molecule is CCOC(=O)c1nn(CCc2ccccc2)c2c1CNCC2. The third-order valence-electron chi connectivity index (χ3n) is 3.93. The molecule has 0 spiro atoms. The number of benzene rings is 1. The maximum Gasteiger partial charge on any atom is 0.359 e. The summed E-state index contributed by atoms with van der Waals surface area (Å²) in [6.45, 7) is 4.58. The van der Waals surface area contributed by atoms with E-state index in [0.29, 0.717) is 18.8 Å². The Morgan fingerprint density at radius 1 is 1.36 bits per heavy atom. The maximum absolute atomic E-state index is 12.1. The summed E-state index contributed by atoms with van der Waals surface area (Å²) in [5.74, 6) is -0.319. The number of aromatic nitrogens is 2. The summed E-state index contributed by atoms with van der Waals surface area (Å²) in [7, 11) is 0. The minimum Gasteiger partial charge on any atom is -0.461 e. The Bertz CT molecular complexity index is 649. The van der Waals surface area contributed by atoms with Gasteiger partial charge in [0.2, 0.25) is 0 Å². The smallest absolute Gasteiger partial charge is 0.359 e. The van der Waals surface area contributed by atoms with Gasteiger partial charge in [0.05, 0.1) is 6.61 Å². The molecule has 2 heterocycles. The van der Waals surface area contributed by atoms with Crippen LogP contribution < -0.4 is 5.32 Å². The Balaban J connectivity index is 1.83. The number of nitrogens with one attached hydrogen (secondary N) is 1. The molecule has 1 aliphatic heterocycles. The minimum atomic E-state index is -0.319. The van der Waals surface area contributed by atoms with Gasteiger partial charge in [-0.3, -0.25) is 4.68 Å². The maximum atomic E-state index is 12.1. The van der Waals surface area contributed by atoms with Crippen LogP contribution in [0.2, 0.25) is 0 Å². The van der Waals surface area contributed by atoms with Gasteiger partial charge in [-0.1, -0.05) is 30.3 Å². The van der Waals surface area contributed by atoms with Crippen molar-refractivity contribution >= 4 is 5.97 Å². The number of hydrogen-bond acceptors (Lipinski definition) is 4. The molecule has 0 aliphatic carbocycles. The first-order chi connectivity index (χ1) is 10.8. The van der Waals surface area contributed by atoms with Crippen molar-refractivity contribution in [2.45, 2.75) is 32.9 Å². The molecule has 0 bridgehead atoms. The highest BCUT2D eigenvalue weighted by Gasteiger charge is 2.25. The number of esters is 1. The second-order valence-corrected chi connectivity index (χ2v) is 5.38. The Morgan fingerprint density at radius 2 is 2.18 bits per heavy atom. The van der Waals surface area contributed by atoms with Crippen LogP contribution in [0, 0.1) is 0 Å². The molecule has 0 amide bonds. The van der Waals surface area contributed by atoms with Gasteiger partial charge in [-0.05, 0) is 18.9 Å². The van der Waals surface area contributed by atoms with Crippen LogP contribution in [0.1, 0.15) is 34.2 Å². The van der Waals surface area contributed by atoms with Gasteiger partial charge in [0.1, 0.15) is 0 Å². The summed E-state index contributed by atoms with van der Waals surface area (Å²) in [6, 6.07) is 10.3. The number of rotatable bonds is 5. The van der Waals surface area contributed by atoms with E-state index in [-0.39, 0.29) is 5.97 Å². The lowest BCUT2D eigenvalue weighted by atomic mass is 10.1. The predicted molar refractivity (Wildman–Crippen MR) is 83.7 cm³/mol. The average Bonchev–Trinajstić information content (AvgIpc) is 2.93. The van der Waals surface area contributed by atoms with Crippen LogP contribution in [0.3, 0.4) is 0 Å². The van der Waals surface area contributed by atoms with Gasteiger partial charge in [0.25, 0.3) is 0 Å². The zero-order chi connectivity index (χ0) is 15.4. The van der Waals surface area contributed by atoms with Gasteiger partial charge in [-0.25, -0.2) is 4.79 Å². The van der Waals surface area contributed by atoms with E-state index in [0.717, 1.165) is 37.2 Å². The lowest BCUT2D eigenvalue weighted by Gasteiger charge is -2.15. The normalized spacial score (nSPS) is 13.7. The number of hydrogen-bond donors (Lipinski definition) is 1. The van der Waals surface area contributed by atoms with Crippen molar-refractivity contribution in [3.63, 3.8) is 0 Å². The fourth-order valence-electron chi connectivity index (χ4n) is 2.85. The molecule has 0 unspecified atom stereocenters. The standard InChI is InChI=1S/C17H21N3O2/c1-2-22-17(21)16-14-12-18-10-8-15(14)20(19-16)11-9-13-6-4-3-5-7-13/h3-7,18H,2,8-12H2,1H3. The van der Waals surface area contributed by atoms with E-state index >= 15 is 0 Å². The molecule has 5 nitrogen and oxygen atoms in total. The van der Waals surface area contributed by atoms with E-state index in [1.165, 1.54) is 5.56 Å². The zero-order valence-corrected chi connectivity index (χ0v) is 12.8. The molecule has 5 heteroatoms. The largest absolute Gasteiger partial charge is 0.461 e. The molecule has 22 heavy (non-hydrogen) atoms. The molecule has 1 aromatic heterocycles. The Morgan fingerprint density at radius 3 is 2.95 bits per heavy atom. The van der Waals surface area contributed by atoms with Crippen LogP contribution >= 0.6 is 0 Å². The molecular weight excluding hydrogens is 278 g/mol. The van der Waals surface area contributed by atoms with Gasteiger partial charge < -0.3 is 10.1 Å². The van der Waals surface area contributed by atoms with Crippen LogP contribution in [-0.4, -0.2) is 28.9 Å². The summed E-state index contributed by atoms with van der Waals surface area (Å²) < 4.78 is 7.11. The van der Waals surface area contributed by atoms with Crippen molar-refractivity contribution in [2.75, 3.05) is 13.2 Å². The van der Waals surface area contributed by atoms with Crippen LogP contribution in [0.25, 0.3) is 0 Å². The van der Waals surface area contributed by atoms with E-state index in [1.807, 2.05) is 29.8 Å². The third-order valence-corrected chi connectivity index (χ3v) is 3.93. The van der Waals surface area contributed by atoms with Crippen molar-refractivity contribution in [1.82, 2.24) is 15.1 Å². The van der Waals surface area contributed by atoms with E-state index in [9.17, 15) is 4.79 Å². The van der Waals surface area contributed by atoms with E-state index < -0.39 is 0 Å². The summed E-state index contributed by atoms with van der Waals surface area (Å²) in [5.41, 5.74) is 3.91. The molecule has 1 N–H and O–H groups in total. The molecule has 3 rings (SSSR count). The Labute approximate surface area is 130 Å². The van der Waals surface area contributed by atoms with Crippen molar-refractivity contribution in [2.24, 2.45) is 0 Å². The number of ether oxygens (including phenoxy) is 1. The number of carbonyl (C=O) groups is 1. The van der Waals surface area contributed by atoms with E-state index in [4.69, 9.17) is 4.74 Å². The average molecular weight is 299 g/mol. The highest BCUT2D eigenvalue weighted by atomic mass is 16.5. The first-order valence-electron chi connectivity index (χ1n) is 7.80. The zero-order valence-electron chi connectivity index (χ0n) is 12.8. The summed E-state index contributed by atoms with van der Waals surface area (Å²) in [4.78, 5) is 12.1. The second-order valence-electron chi connectivity index (χ2n) is 5.38. The van der Waals surface area contributed by atoms with Crippen LogP contribution in [-0.2, 0) is 30.7 Å². The third kappa shape index (κ3) is 3.04. The number of carbonyl (C=O) groups excluding carboxylic acids is 1. The minimum absolute atomic E-state index is 0.319.